The van der Waals surface area contributed by atoms with E-state index in [4.69, 9.17) is 0 Å². The van der Waals surface area contributed by atoms with E-state index in [1.165, 1.54) is 11.2 Å². The Balaban J connectivity index is 2.01. The number of hydrogen-bond donors (Lipinski definition) is 3. The second-order valence-corrected chi connectivity index (χ2v) is 6.54. The van der Waals surface area contributed by atoms with Crippen LogP contribution >= 0.6 is 0 Å². The van der Waals surface area contributed by atoms with Crippen LogP contribution in [0.2, 0.25) is 0 Å². The zero-order chi connectivity index (χ0) is 15.4. The fraction of sp³-hybridized carbons (Fsp3) is 0.583. The first-order valence-electron chi connectivity index (χ1n) is 6.66. The van der Waals surface area contributed by atoms with Crippen LogP contribution in [0.3, 0.4) is 0 Å². The molecule has 0 saturated heterocycles. The first-order valence-corrected chi connectivity index (χ1v) is 8.15. The summed E-state index contributed by atoms with van der Waals surface area (Å²) in [7, 11) is -0.961. The molecule has 8 nitrogen and oxygen atoms in total. The third-order valence-corrected chi connectivity index (χ3v) is 4.68. The molecule has 3 N–H and O–H groups in total. The van der Waals surface area contributed by atoms with Gasteiger partial charge in [-0.2, -0.15) is 0 Å². The molecule has 0 aromatic carbocycles. The van der Waals surface area contributed by atoms with Gasteiger partial charge in [0.1, 0.15) is 6.04 Å². The molecule has 2 unspecified atom stereocenters. The number of nitrogens with zero attached hydrogens (tertiary/aromatic N) is 2. The summed E-state index contributed by atoms with van der Waals surface area (Å²) in [5, 5.41) is 11.9. The molecule has 1 aromatic heterocycles. The maximum absolute atomic E-state index is 12.1. The van der Waals surface area contributed by atoms with Gasteiger partial charge in [-0.15, -0.1) is 0 Å². The lowest BCUT2D eigenvalue weighted by atomic mass is 10.0. The Hall–Kier alpha value is -1.90. The average molecular weight is 314 g/mol. The predicted molar refractivity (Wildman–Crippen MR) is 76.2 cm³/mol. The molecule has 0 bridgehead atoms. The molecule has 2 heterocycles. The predicted octanol–water partition coefficient (Wildman–Crippen LogP) is -0.301. The fourth-order valence-corrected chi connectivity index (χ4v) is 2.81. The summed E-state index contributed by atoms with van der Waals surface area (Å²) in [6, 6.07) is -1.40. The number of aromatic amines is 1. The van der Waals surface area contributed by atoms with Crippen LogP contribution in [0.1, 0.15) is 18.3 Å². The molecule has 1 aliphatic rings. The highest BCUT2D eigenvalue weighted by atomic mass is 32.2. The molecule has 0 saturated carbocycles. The number of hydrogen-bond acceptors (Lipinski definition) is 4. The molecule has 1 aliphatic heterocycles. The highest BCUT2D eigenvalue weighted by Crippen LogP contribution is 2.20. The van der Waals surface area contributed by atoms with Crippen LogP contribution < -0.4 is 5.32 Å². The number of imidazole rings is 1. The number of carbonyl (C=O) groups excluding carboxylic acids is 1. The Morgan fingerprint density at radius 1 is 1.62 bits per heavy atom. The van der Waals surface area contributed by atoms with E-state index in [0.717, 1.165) is 5.69 Å². The van der Waals surface area contributed by atoms with Crippen LogP contribution in [-0.4, -0.2) is 60.3 Å². The Morgan fingerprint density at radius 2 is 2.38 bits per heavy atom. The maximum atomic E-state index is 12.1. The van der Waals surface area contributed by atoms with Crippen molar-refractivity contribution in [1.29, 1.82) is 0 Å². The highest BCUT2D eigenvalue weighted by Gasteiger charge is 2.35. The van der Waals surface area contributed by atoms with E-state index in [-0.39, 0.29) is 19.5 Å². The van der Waals surface area contributed by atoms with E-state index in [2.05, 4.69) is 15.3 Å². The van der Waals surface area contributed by atoms with Crippen molar-refractivity contribution in [1.82, 2.24) is 20.2 Å². The van der Waals surface area contributed by atoms with Gasteiger partial charge in [0.2, 0.25) is 0 Å². The molecule has 1 aromatic rings. The second-order valence-electron chi connectivity index (χ2n) is 4.68. The molecule has 21 heavy (non-hydrogen) atoms. The summed E-state index contributed by atoms with van der Waals surface area (Å²) in [5.41, 5.74) is 1.43. The molecule has 2 atom stereocenters. The lowest BCUT2D eigenvalue weighted by molar-refractivity contribution is -0.142. The maximum Gasteiger partial charge on any atom is 0.326 e. The van der Waals surface area contributed by atoms with Crippen molar-refractivity contribution in [2.75, 3.05) is 18.1 Å². The van der Waals surface area contributed by atoms with Gasteiger partial charge >= 0.3 is 12.0 Å². The summed E-state index contributed by atoms with van der Waals surface area (Å²) in [5.74, 6) is -0.159. The third-order valence-electron chi connectivity index (χ3n) is 3.37. The van der Waals surface area contributed by atoms with Crippen molar-refractivity contribution in [3.63, 3.8) is 0 Å². The molecule has 2 amide bonds. The number of rotatable bonds is 5. The lowest BCUT2D eigenvalue weighted by Gasteiger charge is -2.32. The molecule has 116 valence electrons. The molecule has 0 aliphatic carbocycles. The average Bonchev–Trinajstić information content (AvgIpc) is 2.92. The van der Waals surface area contributed by atoms with Crippen LogP contribution in [0.25, 0.3) is 0 Å². The zero-order valence-corrected chi connectivity index (χ0v) is 12.5. The first kappa shape index (κ1) is 15.5. The number of aromatic nitrogens is 2. The normalized spacial score (nSPS) is 18.9. The molecule has 9 heteroatoms. The first-order chi connectivity index (χ1) is 10.0. The van der Waals surface area contributed by atoms with Crippen molar-refractivity contribution >= 4 is 22.8 Å². The van der Waals surface area contributed by atoms with Crippen molar-refractivity contribution in [2.24, 2.45) is 0 Å². The summed E-state index contributed by atoms with van der Waals surface area (Å²) in [4.78, 5) is 31.7. The Kier molecular flexibility index (Phi) is 4.94. The number of carbonyl (C=O) groups is 2. The smallest absolute Gasteiger partial charge is 0.326 e. The van der Waals surface area contributed by atoms with Gasteiger partial charge in [0.25, 0.3) is 0 Å². The Labute approximate surface area is 124 Å². The Bertz CT molecular complexity index is 559. The van der Waals surface area contributed by atoms with Gasteiger partial charge in [0.15, 0.2) is 0 Å². The minimum Gasteiger partial charge on any atom is -0.480 e. The van der Waals surface area contributed by atoms with Crippen LogP contribution in [-0.2, 0) is 28.6 Å². The summed E-state index contributed by atoms with van der Waals surface area (Å²) in [6.45, 7) is 2.25. The van der Waals surface area contributed by atoms with Gasteiger partial charge in [0.05, 0.1) is 24.3 Å². The molecule has 0 spiro atoms. The van der Waals surface area contributed by atoms with Gasteiger partial charge in [-0.1, -0.05) is 6.92 Å². The van der Waals surface area contributed by atoms with Crippen molar-refractivity contribution < 1.29 is 18.9 Å². The number of nitrogens with one attached hydrogen (secondary N) is 2. The number of fused-ring (bicyclic) bond motifs is 1. The number of H-pyrrole nitrogens is 1. The number of amides is 2. The van der Waals surface area contributed by atoms with Crippen LogP contribution in [0.5, 0.6) is 0 Å². The van der Waals surface area contributed by atoms with E-state index in [1.807, 2.05) is 6.92 Å². The minimum absolute atomic E-state index is 0.176. The molecular formula is C12H18N4O4S. The molecule has 0 fully saturated rings. The van der Waals surface area contributed by atoms with Crippen LogP contribution in [0.15, 0.2) is 6.33 Å². The van der Waals surface area contributed by atoms with E-state index in [9.17, 15) is 18.9 Å². The zero-order valence-electron chi connectivity index (χ0n) is 11.7. The number of aliphatic carboxylic acids is 1. The number of urea groups is 1. The third kappa shape index (κ3) is 3.60. The number of carboxylic acid groups (broad SMARTS) is 1. The minimum atomic E-state index is -1.06. The van der Waals surface area contributed by atoms with Gasteiger partial charge in [-0.3, -0.25) is 4.21 Å². The van der Waals surface area contributed by atoms with E-state index < -0.39 is 28.8 Å². The van der Waals surface area contributed by atoms with Crippen molar-refractivity contribution in [3.05, 3.63) is 17.7 Å². The largest absolute Gasteiger partial charge is 0.480 e. The lowest BCUT2D eigenvalue weighted by Crippen LogP contribution is -2.52. The quantitative estimate of drug-likeness (QED) is 0.690. The van der Waals surface area contributed by atoms with Gasteiger partial charge in [0, 0.05) is 35.3 Å². The van der Waals surface area contributed by atoms with Gasteiger partial charge in [-0.25, -0.2) is 14.6 Å². The second kappa shape index (κ2) is 6.70. The van der Waals surface area contributed by atoms with Gasteiger partial charge < -0.3 is 20.3 Å². The monoisotopic (exact) mass is 314 g/mol. The van der Waals surface area contributed by atoms with E-state index in [1.54, 1.807) is 0 Å². The van der Waals surface area contributed by atoms with Gasteiger partial charge in [-0.05, 0) is 0 Å². The SMILES string of the molecule is CCS(=O)CCNC(=O)N1Cc2[nH]cnc2CC1C(=O)O. The summed E-state index contributed by atoms with van der Waals surface area (Å²) in [6.07, 6.45) is 1.68. The molecular weight excluding hydrogens is 296 g/mol. The van der Waals surface area contributed by atoms with Crippen LogP contribution in [0.4, 0.5) is 4.79 Å². The molecule has 0 radical (unpaired) electrons. The summed E-state index contributed by atoms with van der Waals surface area (Å²) >= 11 is 0. The summed E-state index contributed by atoms with van der Waals surface area (Å²) < 4.78 is 11.3. The number of carboxylic acids is 1. The standard InChI is InChI=1S/C12H18N4O4S/c1-2-21(20)4-3-13-12(19)16-6-9-8(14-7-15-9)5-10(16)11(17)18/h7,10H,2-6H2,1H3,(H,13,19)(H,14,15)(H,17,18). The van der Waals surface area contributed by atoms with Crippen molar-refractivity contribution in [3.8, 4) is 0 Å². The van der Waals surface area contributed by atoms with E-state index >= 15 is 0 Å². The topological polar surface area (TPSA) is 115 Å². The van der Waals surface area contributed by atoms with Crippen molar-refractivity contribution in [2.45, 2.75) is 25.9 Å². The highest BCUT2D eigenvalue weighted by molar-refractivity contribution is 7.84. The van der Waals surface area contributed by atoms with E-state index in [0.29, 0.717) is 17.2 Å². The van der Waals surface area contributed by atoms with Crippen LogP contribution in [0, 0.1) is 0 Å². The molecule has 2 rings (SSSR count). The Morgan fingerprint density at radius 3 is 3.05 bits per heavy atom. The fourth-order valence-electron chi connectivity index (χ4n) is 2.19.